The molecule has 1 aromatic heterocycles. The quantitative estimate of drug-likeness (QED) is 0.590. The van der Waals surface area contributed by atoms with Crippen LogP contribution in [0.1, 0.15) is 17.5 Å². The van der Waals surface area contributed by atoms with Gasteiger partial charge in [0.1, 0.15) is 0 Å². The molecular formula is C13H10S. The van der Waals surface area contributed by atoms with Crippen molar-refractivity contribution in [2.75, 3.05) is 0 Å². The number of hydrogen-bond acceptors (Lipinski definition) is 1. The molecule has 0 spiro atoms. The highest BCUT2D eigenvalue weighted by Gasteiger charge is 2.08. The van der Waals surface area contributed by atoms with Gasteiger partial charge in [-0.05, 0) is 51.6 Å². The van der Waals surface area contributed by atoms with E-state index in [0.29, 0.717) is 0 Å². The largest absolute Gasteiger partial charge is 0.151 e. The maximum Gasteiger partial charge on any atom is -0.00144 e. The molecule has 0 fully saturated rings. The van der Waals surface area contributed by atoms with Crippen molar-refractivity contribution >= 4 is 23.5 Å². The van der Waals surface area contributed by atoms with Crippen molar-refractivity contribution in [1.82, 2.24) is 0 Å². The maximum atomic E-state index is 2.29. The average Bonchev–Trinajstić information content (AvgIpc) is 2.42. The summed E-state index contributed by atoms with van der Waals surface area (Å²) in [4.78, 5) is 0. The van der Waals surface area contributed by atoms with Gasteiger partial charge in [-0.25, -0.2) is 0 Å². The SMILES string of the molecule is C1=CC2=Cc3cscc3C=C(C=C1)C2. The first-order valence-electron chi connectivity index (χ1n) is 4.74. The molecular weight excluding hydrogens is 188 g/mol. The predicted molar refractivity (Wildman–Crippen MR) is 63.2 cm³/mol. The van der Waals surface area contributed by atoms with Crippen molar-refractivity contribution in [3.8, 4) is 0 Å². The fraction of sp³-hybridized carbons (Fsp3) is 0.0769. The van der Waals surface area contributed by atoms with Gasteiger partial charge in [0.05, 0.1) is 0 Å². The van der Waals surface area contributed by atoms with E-state index in [1.807, 2.05) is 0 Å². The molecule has 0 aromatic carbocycles. The molecule has 0 saturated heterocycles. The molecule has 0 aliphatic heterocycles. The van der Waals surface area contributed by atoms with Gasteiger partial charge in [-0.15, -0.1) is 0 Å². The van der Waals surface area contributed by atoms with Gasteiger partial charge in [-0.3, -0.25) is 0 Å². The van der Waals surface area contributed by atoms with Crippen LogP contribution in [0, 0.1) is 0 Å². The van der Waals surface area contributed by atoms with Gasteiger partial charge in [0.15, 0.2) is 0 Å². The third kappa shape index (κ3) is 1.30. The Labute approximate surface area is 87.6 Å². The normalized spacial score (nSPS) is 18.0. The van der Waals surface area contributed by atoms with E-state index in [9.17, 15) is 0 Å². The average molecular weight is 198 g/mol. The van der Waals surface area contributed by atoms with Crippen molar-refractivity contribution in [3.05, 3.63) is 57.3 Å². The Morgan fingerprint density at radius 3 is 2.00 bits per heavy atom. The van der Waals surface area contributed by atoms with Crippen molar-refractivity contribution < 1.29 is 0 Å². The van der Waals surface area contributed by atoms with Crippen molar-refractivity contribution in [2.45, 2.75) is 6.42 Å². The highest BCUT2D eigenvalue weighted by atomic mass is 32.1. The van der Waals surface area contributed by atoms with Crippen LogP contribution in [0.25, 0.3) is 12.2 Å². The lowest BCUT2D eigenvalue weighted by Gasteiger charge is -1.97. The second-order valence-corrected chi connectivity index (χ2v) is 4.36. The summed E-state index contributed by atoms with van der Waals surface area (Å²) in [6.45, 7) is 0. The summed E-state index contributed by atoms with van der Waals surface area (Å²) >= 11 is 1.77. The first-order valence-corrected chi connectivity index (χ1v) is 5.68. The molecule has 3 rings (SSSR count). The molecule has 1 heterocycles. The van der Waals surface area contributed by atoms with Crippen LogP contribution in [-0.2, 0) is 0 Å². The summed E-state index contributed by atoms with van der Waals surface area (Å²) in [7, 11) is 0. The smallest absolute Gasteiger partial charge is 0.00144 e. The summed E-state index contributed by atoms with van der Waals surface area (Å²) in [6.07, 6.45) is 14.3. The maximum absolute atomic E-state index is 2.29. The standard InChI is InChI=1S/C13H10S/c1-2-4-11-5-10(3-1)6-12-8-14-9-13(12)7-11/h1-4,6-9H,5H2. The van der Waals surface area contributed by atoms with E-state index in [4.69, 9.17) is 0 Å². The van der Waals surface area contributed by atoms with Crippen LogP contribution in [0.5, 0.6) is 0 Å². The third-order valence-corrected chi connectivity index (χ3v) is 3.33. The third-order valence-electron chi connectivity index (χ3n) is 2.55. The Morgan fingerprint density at radius 1 is 0.857 bits per heavy atom. The Balaban J connectivity index is 2.25. The predicted octanol–water partition coefficient (Wildman–Crippen LogP) is 4.04. The number of allylic oxidation sites excluding steroid dienone is 6. The van der Waals surface area contributed by atoms with Crippen LogP contribution >= 0.6 is 11.3 Å². The molecule has 1 heteroatoms. The molecule has 2 bridgehead atoms. The summed E-state index contributed by atoms with van der Waals surface area (Å²) in [5, 5.41) is 4.43. The molecule has 2 aliphatic rings. The summed E-state index contributed by atoms with van der Waals surface area (Å²) in [6, 6.07) is 0. The number of fused-ring (bicyclic) bond motifs is 3. The van der Waals surface area contributed by atoms with E-state index in [0.717, 1.165) is 6.42 Å². The molecule has 0 nitrogen and oxygen atoms in total. The summed E-state index contributed by atoms with van der Waals surface area (Å²) in [5.74, 6) is 0. The highest BCUT2D eigenvalue weighted by Crippen LogP contribution is 2.30. The monoisotopic (exact) mass is 198 g/mol. The molecule has 0 radical (unpaired) electrons. The number of rotatable bonds is 0. The molecule has 1 aromatic rings. The minimum atomic E-state index is 1.06. The van der Waals surface area contributed by atoms with E-state index < -0.39 is 0 Å². The Kier molecular flexibility index (Phi) is 1.78. The first-order chi connectivity index (χ1) is 6.92. The second-order valence-electron chi connectivity index (χ2n) is 3.62. The fourth-order valence-electron chi connectivity index (χ4n) is 1.86. The zero-order chi connectivity index (χ0) is 9.38. The van der Waals surface area contributed by atoms with Crippen molar-refractivity contribution in [1.29, 1.82) is 0 Å². The van der Waals surface area contributed by atoms with E-state index in [1.54, 1.807) is 11.3 Å². The van der Waals surface area contributed by atoms with Crippen molar-refractivity contribution in [2.24, 2.45) is 0 Å². The number of thiophene rings is 1. The molecule has 0 N–H and O–H groups in total. The summed E-state index contributed by atoms with van der Waals surface area (Å²) in [5.41, 5.74) is 5.52. The molecule has 0 amide bonds. The van der Waals surface area contributed by atoms with E-state index in [1.165, 1.54) is 22.3 Å². The fourth-order valence-corrected chi connectivity index (χ4v) is 2.63. The van der Waals surface area contributed by atoms with Crippen LogP contribution < -0.4 is 0 Å². The first kappa shape index (κ1) is 8.01. The van der Waals surface area contributed by atoms with E-state index in [2.05, 4.69) is 47.2 Å². The summed E-state index contributed by atoms with van der Waals surface area (Å²) < 4.78 is 0. The molecule has 14 heavy (non-hydrogen) atoms. The molecule has 0 atom stereocenters. The Hall–Kier alpha value is -1.34. The van der Waals surface area contributed by atoms with E-state index in [-0.39, 0.29) is 0 Å². The lowest BCUT2D eigenvalue weighted by Crippen LogP contribution is -1.77. The minimum absolute atomic E-state index is 1.06. The molecule has 68 valence electrons. The highest BCUT2D eigenvalue weighted by molar-refractivity contribution is 7.08. The molecule has 0 saturated carbocycles. The number of hydrogen-bond donors (Lipinski definition) is 0. The van der Waals surface area contributed by atoms with Crippen LogP contribution in [0.4, 0.5) is 0 Å². The van der Waals surface area contributed by atoms with Crippen LogP contribution in [-0.4, -0.2) is 0 Å². The van der Waals surface area contributed by atoms with Crippen LogP contribution in [0.15, 0.2) is 46.2 Å². The van der Waals surface area contributed by atoms with Gasteiger partial charge >= 0.3 is 0 Å². The van der Waals surface area contributed by atoms with Gasteiger partial charge < -0.3 is 0 Å². The lowest BCUT2D eigenvalue weighted by atomic mass is 10.1. The van der Waals surface area contributed by atoms with Crippen LogP contribution in [0.2, 0.25) is 0 Å². The van der Waals surface area contributed by atoms with Gasteiger partial charge in [0.25, 0.3) is 0 Å². The zero-order valence-corrected chi connectivity index (χ0v) is 8.55. The van der Waals surface area contributed by atoms with Gasteiger partial charge in [0, 0.05) is 0 Å². The molecule has 0 unspecified atom stereocenters. The minimum Gasteiger partial charge on any atom is -0.151 e. The Bertz CT molecular complexity index is 439. The second kappa shape index (κ2) is 3.10. The zero-order valence-electron chi connectivity index (χ0n) is 7.73. The van der Waals surface area contributed by atoms with Gasteiger partial charge in [-0.2, -0.15) is 11.3 Å². The Morgan fingerprint density at radius 2 is 1.43 bits per heavy atom. The van der Waals surface area contributed by atoms with Gasteiger partial charge in [0.2, 0.25) is 0 Å². The lowest BCUT2D eigenvalue weighted by molar-refractivity contribution is 1.25. The molecule has 2 aliphatic carbocycles. The van der Waals surface area contributed by atoms with Gasteiger partial charge in [-0.1, -0.05) is 24.3 Å². The van der Waals surface area contributed by atoms with E-state index >= 15 is 0 Å². The van der Waals surface area contributed by atoms with Crippen LogP contribution in [0.3, 0.4) is 0 Å². The topological polar surface area (TPSA) is 0 Å². The van der Waals surface area contributed by atoms with Crippen molar-refractivity contribution in [3.63, 3.8) is 0 Å².